The molecular formula is C14H16ClN3O2S. The van der Waals surface area contributed by atoms with Gasteiger partial charge in [-0.3, -0.25) is 9.59 Å². The van der Waals surface area contributed by atoms with E-state index in [1.807, 2.05) is 13.8 Å². The molecule has 2 rings (SSSR count). The summed E-state index contributed by atoms with van der Waals surface area (Å²) in [5.74, 6) is -0.593. The zero-order chi connectivity index (χ0) is 15.6. The highest BCUT2D eigenvalue weighted by Gasteiger charge is 2.17. The number of rotatable bonds is 4. The van der Waals surface area contributed by atoms with Gasteiger partial charge in [-0.05, 0) is 32.0 Å². The molecule has 0 bridgehead atoms. The first kappa shape index (κ1) is 15.6. The van der Waals surface area contributed by atoms with Crippen molar-refractivity contribution < 1.29 is 9.59 Å². The minimum atomic E-state index is -0.358. The zero-order valence-electron chi connectivity index (χ0n) is 11.7. The number of carbonyl (C=O) groups excluding carboxylic acids is 2. The number of hydrogen-bond acceptors (Lipinski definition) is 4. The van der Waals surface area contributed by atoms with Gasteiger partial charge in [0.1, 0.15) is 4.88 Å². The molecular weight excluding hydrogens is 310 g/mol. The monoisotopic (exact) mass is 325 g/mol. The van der Waals surface area contributed by atoms with Crippen LogP contribution in [0, 0.1) is 0 Å². The van der Waals surface area contributed by atoms with Gasteiger partial charge < -0.3 is 16.4 Å². The second kappa shape index (κ2) is 6.32. The lowest BCUT2D eigenvalue weighted by Gasteiger charge is -2.08. The van der Waals surface area contributed by atoms with Crippen molar-refractivity contribution in [1.29, 1.82) is 0 Å². The van der Waals surface area contributed by atoms with E-state index in [0.29, 0.717) is 15.6 Å². The number of fused-ring (bicyclic) bond motifs is 1. The van der Waals surface area contributed by atoms with Crippen LogP contribution in [0.3, 0.4) is 0 Å². The summed E-state index contributed by atoms with van der Waals surface area (Å²) in [6, 6.07) is 5.31. The van der Waals surface area contributed by atoms with Crippen molar-refractivity contribution in [3.05, 3.63) is 28.1 Å². The fourth-order valence-electron chi connectivity index (χ4n) is 1.87. The molecule has 0 aliphatic carbocycles. The number of anilines is 1. The number of hydrogen-bond donors (Lipinski definition) is 3. The second-order valence-corrected chi connectivity index (χ2v) is 6.38. The fourth-order valence-corrected chi connectivity index (χ4v) is 3.19. The van der Waals surface area contributed by atoms with Crippen molar-refractivity contribution in [1.82, 2.24) is 10.6 Å². The molecule has 2 aromatic rings. The smallest absolute Gasteiger partial charge is 0.263 e. The largest absolute Gasteiger partial charge is 0.397 e. The molecule has 1 aromatic heterocycles. The topological polar surface area (TPSA) is 84.2 Å². The standard InChI is InChI=1S/C14H16ClN3O2S/c1-7(2)18-11(19)6-17-14(20)13-12(16)9-4-3-8(15)5-10(9)21-13/h3-5,7H,6,16H2,1-2H3,(H,17,20)(H,18,19). The van der Waals surface area contributed by atoms with Crippen LogP contribution in [0.15, 0.2) is 18.2 Å². The lowest BCUT2D eigenvalue weighted by atomic mass is 10.2. The Hall–Kier alpha value is -1.79. The third-order valence-corrected chi connectivity index (χ3v) is 4.16. The van der Waals surface area contributed by atoms with Crippen molar-refractivity contribution >= 4 is 50.5 Å². The number of nitrogens with two attached hydrogens (primary N) is 1. The fraction of sp³-hybridized carbons (Fsp3) is 0.286. The molecule has 0 fully saturated rings. The third kappa shape index (κ3) is 3.65. The molecule has 0 unspecified atom stereocenters. The van der Waals surface area contributed by atoms with Gasteiger partial charge in [-0.2, -0.15) is 0 Å². The molecule has 0 aliphatic rings. The molecule has 1 aromatic carbocycles. The van der Waals surface area contributed by atoms with Gasteiger partial charge >= 0.3 is 0 Å². The summed E-state index contributed by atoms with van der Waals surface area (Å²) >= 11 is 7.18. The molecule has 4 N–H and O–H groups in total. The highest BCUT2D eigenvalue weighted by atomic mass is 35.5. The molecule has 21 heavy (non-hydrogen) atoms. The maximum atomic E-state index is 12.1. The van der Waals surface area contributed by atoms with Crippen LogP contribution < -0.4 is 16.4 Å². The van der Waals surface area contributed by atoms with Gasteiger partial charge in [-0.1, -0.05) is 11.6 Å². The first-order valence-corrected chi connectivity index (χ1v) is 7.63. The van der Waals surface area contributed by atoms with Crippen molar-refractivity contribution in [2.75, 3.05) is 12.3 Å². The van der Waals surface area contributed by atoms with Crippen LogP contribution in [0.4, 0.5) is 5.69 Å². The Kier molecular flexibility index (Phi) is 4.69. The molecule has 2 amide bonds. The van der Waals surface area contributed by atoms with E-state index in [4.69, 9.17) is 17.3 Å². The number of amides is 2. The summed E-state index contributed by atoms with van der Waals surface area (Å²) in [4.78, 5) is 24.0. The Bertz CT molecular complexity index is 697. The third-order valence-electron chi connectivity index (χ3n) is 2.76. The molecule has 1 heterocycles. The van der Waals surface area contributed by atoms with Gasteiger partial charge in [0, 0.05) is 21.2 Å². The Labute approximate surface area is 131 Å². The van der Waals surface area contributed by atoms with E-state index in [1.54, 1.807) is 18.2 Å². The van der Waals surface area contributed by atoms with Gasteiger partial charge in [0.2, 0.25) is 5.91 Å². The normalized spacial score (nSPS) is 10.9. The first-order valence-electron chi connectivity index (χ1n) is 6.43. The van der Waals surface area contributed by atoms with Crippen LogP contribution in [0.5, 0.6) is 0 Å². The molecule has 0 spiro atoms. The van der Waals surface area contributed by atoms with Crippen molar-refractivity contribution in [3.8, 4) is 0 Å². The average Bonchev–Trinajstić information content (AvgIpc) is 2.72. The van der Waals surface area contributed by atoms with Crippen molar-refractivity contribution in [3.63, 3.8) is 0 Å². The van der Waals surface area contributed by atoms with E-state index in [0.717, 1.165) is 10.1 Å². The van der Waals surface area contributed by atoms with Gasteiger partial charge in [0.15, 0.2) is 0 Å². The van der Waals surface area contributed by atoms with Crippen LogP contribution in [0.25, 0.3) is 10.1 Å². The first-order chi connectivity index (χ1) is 9.88. The van der Waals surface area contributed by atoms with Gasteiger partial charge in [0.05, 0.1) is 12.2 Å². The highest BCUT2D eigenvalue weighted by molar-refractivity contribution is 7.21. The minimum Gasteiger partial charge on any atom is -0.397 e. The molecule has 112 valence electrons. The Morgan fingerprint density at radius 1 is 1.38 bits per heavy atom. The lowest BCUT2D eigenvalue weighted by Crippen LogP contribution is -2.39. The number of nitrogens with one attached hydrogen (secondary N) is 2. The molecule has 0 radical (unpaired) electrons. The van der Waals surface area contributed by atoms with Crippen LogP contribution in [0.2, 0.25) is 5.02 Å². The van der Waals surface area contributed by atoms with E-state index in [2.05, 4.69) is 10.6 Å². The van der Waals surface area contributed by atoms with Crippen LogP contribution in [-0.2, 0) is 4.79 Å². The lowest BCUT2D eigenvalue weighted by molar-refractivity contribution is -0.120. The van der Waals surface area contributed by atoms with Crippen LogP contribution >= 0.6 is 22.9 Å². The van der Waals surface area contributed by atoms with Gasteiger partial charge in [0.25, 0.3) is 5.91 Å². The summed E-state index contributed by atoms with van der Waals surface area (Å²) < 4.78 is 0.844. The highest BCUT2D eigenvalue weighted by Crippen LogP contribution is 2.35. The van der Waals surface area contributed by atoms with Crippen molar-refractivity contribution in [2.24, 2.45) is 0 Å². The van der Waals surface area contributed by atoms with E-state index in [9.17, 15) is 9.59 Å². The summed E-state index contributed by atoms with van der Waals surface area (Å²) in [6.45, 7) is 3.63. The number of carbonyl (C=O) groups is 2. The predicted molar refractivity (Wildman–Crippen MR) is 86.9 cm³/mol. The van der Waals surface area contributed by atoms with Gasteiger partial charge in [-0.25, -0.2) is 0 Å². The minimum absolute atomic E-state index is 0.0333. The maximum Gasteiger partial charge on any atom is 0.263 e. The Morgan fingerprint density at radius 3 is 2.76 bits per heavy atom. The molecule has 0 saturated carbocycles. The molecule has 0 saturated heterocycles. The van der Waals surface area contributed by atoms with Crippen molar-refractivity contribution in [2.45, 2.75) is 19.9 Å². The summed E-state index contributed by atoms with van der Waals surface area (Å²) in [5, 5.41) is 6.65. The van der Waals surface area contributed by atoms with E-state index >= 15 is 0 Å². The number of thiophene rings is 1. The SMILES string of the molecule is CC(C)NC(=O)CNC(=O)c1sc2cc(Cl)ccc2c1N. The second-order valence-electron chi connectivity index (χ2n) is 4.89. The number of nitrogen functional groups attached to an aromatic ring is 1. The van der Waals surface area contributed by atoms with E-state index in [1.165, 1.54) is 11.3 Å². The van der Waals surface area contributed by atoms with E-state index in [-0.39, 0.29) is 24.4 Å². The Balaban J connectivity index is 2.13. The maximum absolute atomic E-state index is 12.1. The average molecular weight is 326 g/mol. The van der Waals surface area contributed by atoms with E-state index < -0.39 is 0 Å². The summed E-state index contributed by atoms with van der Waals surface area (Å²) in [5.41, 5.74) is 6.39. The quantitative estimate of drug-likeness (QED) is 0.807. The summed E-state index contributed by atoms with van der Waals surface area (Å²) in [6.07, 6.45) is 0. The van der Waals surface area contributed by atoms with Crippen LogP contribution in [-0.4, -0.2) is 24.4 Å². The van der Waals surface area contributed by atoms with Crippen LogP contribution in [0.1, 0.15) is 23.5 Å². The zero-order valence-corrected chi connectivity index (χ0v) is 13.3. The summed E-state index contributed by atoms with van der Waals surface area (Å²) in [7, 11) is 0. The number of benzene rings is 1. The molecule has 7 heteroatoms. The Morgan fingerprint density at radius 2 is 2.10 bits per heavy atom. The van der Waals surface area contributed by atoms with Gasteiger partial charge in [-0.15, -0.1) is 11.3 Å². The predicted octanol–water partition coefficient (Wildman–Crippen LogP) is 2.39. The molecule has 0 atom stereocenters. The molecule has 0 aliphatic heterocycles. The number of halogens is 1. The molecule has 5 nitrogen and oxygen atoms in total.